The molecule has 3 rings (SSSR count). The van der Waals surface area contributed by atoms with E-state index in [0.717, 1.165) is 15.4 Å². The SMILES string of the molecule is CCC(C)NC(=O)C(CC)N(Cc1c(Cl)cccc1Cl)C(=O)CN(c1cc(C)ccc1C)S(=O)(=O)c1ccc(C)cc1. The number of halogens is 2. The minimum absolute atomic E-state index is 0.0593. The predicted molar refractivity (Wildman–Crippen MR) is 171 cm³/mol. The Labute approximate surface area is 259 Å². The first-order valence-corrected chi connectivity index (χ1v) is 16.2. The molecule has 0 fully saturated rings. The van der Waals surface area contributed by atoms with Crippen LogP contribution in [-0.2, 0) is 26.2 Å². The number of aryl methyl sites for hydroxylation is 3. The van der Waals surface area contributed by atoms with Gasteiger partial charge >= 0.3 is 0 Å². The highest BCUT2D eigenvalue weighted by Gasteiger charge is 2.35. The molecule has 2 amide bonds. The van der Waals surface area contributed by atoms with Gasteiger partial charge in [-0.1, -0.05) is 72.9 Å². The van der Waals surface area contributed by atoms with Crippen LogP contribution in [0.15, 0.2) is 65.6 Å². The fraction of sp³-hybridized carbons (Fsp3) is 0.375. The summed E-state index contributed by atoms with van der Waals surface area (Å²) in [4.78, 5) is 29.2. The highest BCUT2D eigenvalue weighted by Crippen LogP contribution is 2.30. The zero-order valence-corrected chi connectivity index (χ0v) is 27.3. The first-order chi connectivity index (χ1) is 19.8. The maximum absolute atomic E-state index is 14.3. The Morgan fingerprint density at radius 3 is 2.05 bits per heavy atom. The lowest BCUT2D eigenvalue weighted by Gasteiger charge is -2.34. The first kappa shape index (κ1) is 33.4. The number of sulfonamides is 1. The van der Waals surface area contributed by atoms with Gasteiger partial charge < -0.3 is 10.2 Å². The van der Waals surface area contributed by atoms with Gasteiger partial charge in [0.25, 0.3) is 10.0 Å². The topological polar surface area (TPSA) is 86.8 Å². The number of benzene rings is 3. The van der Waals surface area contributed by atoms with Crippen molar-refractivity contribution >= 4 is 50.7 Å². The van der Waals surface area contributed by atoms with E-state index >= 15 is 0 Å². The van der Waals surface area contributed by atoms with Crippen molar-refractivity contribution < 1.29 is 18.0 Å². The van der Waals surface area contributed by atoms with E-state index in [4.69, 9.17) is 23.2 Å². The van der Waals surface area contributed by atoms with Crippen LogP contribution >= 0.6 is 23.2 Å². The van der Waals surface area contributed by atoms with Crippen molar-refractivity contribution in [3.63, 3.8) is 0 Å². The minimum atomic E-state index is -4.17. The molecule has 42 heavy (non-hydrogen) atoms. The van der Waals surface area contributed by atoms with Crippen LogP contribution in [0.2, 0.25) is 10.0 Å². The van der Waals surface area contributed by atoms with E-state index in [2.05, 4.69) is 5.32 Å². The molecule has 226 valence electrons. The van der Waals surface area contributed by atoms with Gasteiger partial charge in [0.1, 0.15) is 12.6 Å². The fourth-order valence-electron chi connectivity index (χ4n) is 4.55. The molecule has 0 aromatic heterocycles. The number of carbonyl (C=O) groups excluding carboxylic acids is 2. The summed E-state index contributed by atoms with van der Waals surface area (Å²) in [6, 6.07) is 16.0. The van der Waals surface area contributed by atoms with Crippen LogP contribution in [0.5, 0.6) is 0 Å². The molecule has 0 aliphatic carbocycles. The number of hydrogen-bond donors (Lipinski definition) is 1. The molecule has 0 aliphatic rings. The standard InChI is InChI=1S/C32H39Cl2N3O4S/c1-7-24(6)35-32(39)29(8-2)36(19-26-27(33)10-9-11-28(26)34)31(38)20-37(30-18-22(4)12-15-23(30)5)42(40,41)25-16-13-21(3)14-17-25/h9-18,24,29H,7-8,19-20H2,1-6H3,(H,35,39). The highest BCUT2D eigenvalue weighted by molar-refractivity contribution is 7.92. The average Bonchev–Trinajstić information content (AvgIpc) is 2.94. The van der Waals surface area contributed by atoms with Crippen LogP contribution in [0.3, 0.4) is 0 Å². The Morgan fingerprint density at radius 2 is 1.48 bits per heavy atom. The summed E-state index contributed by atoms with van der Waals surface area (Å²) in [5.41, 5.74) is 3.29. The van der Waals surface area contributed by atoms with Gasteiger partial charge in [0.05, 0.1) is 10.6 Å². The molecule has 10 heteroatoms. The summed E-state index contributed by atoms with van der Waals surface area (Å²) < 4.78 is 29.4. The third kappa shape index (κ3) is 7.85. The van der Waals surface area contributed by atoms with E-state index in [-0.39, 0.29) is 23.4 Å². The van der Waals surface area contributed by atoms with Crippen molar-refractivity contribution in [2.24, 2.45) is 0 Å². The van der Waals surface area contributed by atoms with Crippen molar-refractivity contribution in [3.8, 4) is 0 Å². The number of anilines is 1. The van der Waals surface area contributed by atoms with Gasteiger partial charge in [0.15, 0.2) is 0 Å². The minimum Gasteiger partial charge on any atom is -0.352 e. The second-order valence-electron chi connectivity index (χ2n) is 10.6. The summed E-state index contributed by atoms with van der Waals surface area (Å²) in [6.07, 6.45) is 1.01. The molecule has 2 unspecified atom stereocenters. The zero-order valence-electron chi connectivity index (χ0n) is 24.9. The molecule has 7 nitrogen and oxygen atoms in total. The van der Waals surface area contributed by atoms with Crippen molar-refractivity contribution in [2.75, 3.05) is 10.8 Å². The van der Waals surface area contributed by atoms with Crippen molar-refractivity contribution in [1.82, 2.24) is 10.2 Å². The van der Waals surface area contributed by atoms with E-state index in [0.29, 0.717) is 39.7 Å². The van der Waals surface area contributed by atoms with Gasteiger partial charge in [-0.3, -0.25) is 13.9 Å². The van der Waals surface area contributed by atoms with E-state index < -0.39 is 28.5 Å². The molecule has 3 aromatic rings. The van der Waals surface area contributed by atoms with Crippen LogP contribution in [0.25, 0.3) is 0 Å². The second-order valence-corrected chi connectivity index (χ2v) is 13.3. The van der Waals surface area contributed by atoms with Gasteiger partial charge in [0.2, 0.25) is 11.8 Å². The molecule has 2 atom stereocenters. The Kier molecular flexibility index (Phi) is 11.5. The molecular weight excluding hydrogens is 593 g/mol. The summed E-state index contributed by atoms with van der Waals surface area (Å²) >= 11 is 13.0. The third-order valence-corrected chi connectivity index (χ3v) is 9.78. The Balaban J connectivity index is 2.14. The lowest BCUT2D eigenvalue weighted by atomic mass is 10.1. The highest BCUT2D eigenvalue weighted by atomic mass is 35.5. The van der Waals surface area contributed by atoms with E-state index in [1.54, 1.807) is 50.2 Å². The molecule has 0 heterocycles. The molecular formula is C32H39Cl2N3O4S. The predicted octanol–water partition coefficient (Wildman–Crippen LogP) is 6.84. The number of nitrogens with one attached hydrogen (secondary N) is 1. The van der Waals surface area contributed by atoms with Crippen molar-refractivity contribution in [1.29, 1.82) is 0 Å². The monoisotopic (exact) mass is 631 g/mol. The van der Waals surface area contributed by atoms with Crippen LogP contribution in [0, 0.1) is 20.8 Å². The smallest absolute Gasteiger partial charge is 0.264 e. The van der Waals surface area contributed by atoms with E-state index in [9.17, 15) is 18.0 Å². The van der Waals surface area contributed by atoms with Crippen LogP contribution < -0.4 is 9.62 Å². The normalized spacial score (nSPS) is 12.9. The summed E-state index contributed by atoms with van der Waals surface area (Å²) in [6.45, 7) is 10.6. The maximum Gasteiger partial charge on any atom is 0.264 e. The number of carbonyl (C=O) groups is 2. The van der Waals surface area contributed by atoms with E-state index in [1.807, 2.05) is 39.8 Å². The summed E-state index contributed by atoms with van der Waals surface area (Å²) in [7, 11) is -4.17. The number of nitrogens with zero attached hydrogens (tertiary/aromatic N) is 2. The van der Waals surface area contributed by atoms with Crippen LogP contribution in [0.1, 0.15) is 55.9 Å². The Bertz CT molecular complexity index is 1510. The molecule has 0 radical (unpaired) electrons. The largest absolute Gasteiger partial charge is 0.352 e. The summed E-state index contributed by atoms with van der Waals surface area (Å²) in [5, 5.41) is 3.65. The van der Waals surface area contributed by atoms with Gasteiger partial charge in [0, 0.05) is 28.2 Å². The fourth-order valence-corrected chi connectivity index (χ4v) is 6.54. The maximum atomic E-state index is 14.3. The Hall–Kier alpha value is -3.07. The second kappa shape index (κ2) is 14.4. The van der Waals surface area contributed by atoms with Gasteiger partial charge in [-0.15, -0.1) is 0 Å². The molecule has 0 saturated heterocycles. The molecule has 1 N–H and O–H groups in total. The van der Waals surface area contributed by atoms with Gasteiger partial charge in [-0.05, 0) is 82.0 Å². The molecule has 0 aliphatic heterocycles. The number of rotatable bonds is 12. The van der Waals surface area contributed by atoms with Gasteiger partial charge in [-0.25, -0.2) is 8.42 Å². The molecule has 3 aromatic carbocycles. The van der Waals surface area contributed by atoms with Crippen LogP contribution in [0.4, 0.5) is 5.69 Å². The zero-order chi connectivity index (χ0) is 31.2. The lowest BCUT2D eigenvalue weighted by Crippen LogP contribution is -2.53. The third-order valence-electron chi connectivity index (χ3n) is 7.30. The van der Waals surface area contributed by atoms with Gasteiger partial charge in [-0.2, -0.15) is 0 Å². The number of hydrogen-bond acceptors (Lipinski definition) is 4. The van der Waals surface area contributed by atoms with Crippen LogP contribution in [-0.4, -0.2) is 43.8 Å². The molecule has 0 bridgehead atoms. The molecule has 0 spiro atoms. The van der Waals surface area contributed by atoms with Crippen molar-refractivity contribution in [3.05, 3.63) is 93.0 Å². The average molecular weight is 633 g/mol. The lowest BCUT2D eigenvalue weighted by molar-refractivity contribution is -0.140. The van der Waals surface area contributed by atoms with Crippen molar-refractivity contribution in [2.45, 2.75) is 77.9 Å². The molecule has 0 saturated carbocycles. The number of amides is 2. The summed E-state index contributed by atoms with van der Waals surface area (Å²) in [5.74, 6) is -0.892. The Morgan fingerprint density at radius 1 is 0.881 bits per heavy atom. The first-order valence-electron chi connectivity index (χ1n) is 14.0. The van der Waals surface area contributed by atoms with E-state index in [1.165, 1.54) is 17.0 Å². The quantitative estimate of drug-likeness (QED) is 0.237.